The first-order valence-corrected chi connectivity index (χ1v) is 7.69. The average Bonchev–Trinajstić information content (AvgIpc) is 3.13. The molecule has 3 N–H and O–H groups in total. The highest BCUT2D eigenvalue weighted by Gasteiger charge is 2.06. The molecule has 1 aromatic heterocycles. The predicted octanol–water partition coefficient (Wildman–Crippen LogP) is 1.56. The van der Waals surface area contributed by atoms with Crippen molar-refractivity contribution in [3.8, 4) is 0 Å². The van der Waals surface area contributed by atoms with Crippen LogP contribution in [0.25, 0.3) is 0 Å². The van der Waals surface area contributed by atoms with Crippen molar-refractivity contribution in [2.45, 2.75) is 6.42 Å². The number of nitrogens with zero attached hydrogens (tertiary/aromatic N) is 1. The first-order chi connectivity index (χ1) is 11.7. The summed E-state index contributed by atoms with van der Waals surface area (Å²) in [5.74, 6) is 0.447. The van der Waals surface area contributed by atoms with Crippen LogP contribution in [0.3, 0.4) is 0 Å². The number of carbonyl (C=O) groups excluding carboxylic acids is 1. The molecule has 1 amide bonds. The minimum absolute atomic E-state index is 0.235. The SMILES string of the molecule is CN=C(NCCNC(=O)c1ccco1)NCCc1ccc(F)cc1. The number of carbonyl (C=O) groups is 1. The first-order valence-electron chi connectivity index (χ1n) is 7.69. The first kappa shape index (κ1) is 17.5. The summed E-state index contributed by atoms with van der Waals surface area (Å²) in [6.45, 7) is 1.64. The molecule has 0 atom stereocenters. The van der Waals surface area contributed by atoms with E-state index in [0.717, 1.165) is 12.0 Å². The molecular formula is C17H21FN4O2. The van der Waals surface area contributed by atoms with Gasteiger partial charge in [-0.3, -0.25) is 9.79 Å². The number of halogens is 1. The van der Waals surface area contributed by atoms with Gasteiger partial charge in [-0.15, -0.1) is 0 Å². The van der Waals surface area contributed by atoms with Crippen molar-refractivity contribution in [3.05, 3.63) is 59.8 Å². The fourth-order valence-corrected chi connectivity index (χ4v) is 2.05. The highest BCUT2D eigenvalue weighted by Crippen LogP contribution is 2.02. The highest BCUT2D eigenvalue weighted by atomic mass is 19.1. The highest BCUT2D eigenvalue weighted by molar-refractivity contribution is 5.91. The van der Waals surface area contributed by atoms with E-state index in [1.165, 1.54) is 18.4 Å². The lowest BCUT2D eigenvalue weighted by atomic mass is 10.1. The molecule has 2 rings (SSSR count). The lowest BCUT2D eigenvalue weighted by Crippen LogP contribution is -2.42. The van der Waals surface area contributed by atoms with Crippen molar-refractivity contribution in [2.24, 2.45) is 4.99 Å². The van der Waals surface area contributed by atoms with Gasteiger partial charge in [-0.2, -0.15) is 0 Å². The minimum Gasteiger partial charge on any atom is -0.459 e. The van der Waals surface area contributed by atoms with Crippen molar-refractivity contribution < 1.29 is 13.6 Å². The summed E-state index contributed by atoms with van der Waals surface area (Å²) in [4.78, 5) is 15.8. The Labute approximate surface area is 140 Å². The summed E-state index contributed by atoms with van der Waals surface area (Å²) >= 11 is 0. The van der Waals surface area contributed by atoms with Crippen molar-refractivity contribution in [1.29, 1.82) is 0 Å². The van der Waals surface area contributed by atoms with Gasteiger partial charge in [-0.05, 0) is 36.2 Å². The normalized spacial score (nSPS) is 11.2. The van der Waals surface area contributed by atoms with Gasteiger partial charge in [0.05, 0.1) is 6.26 Å². The zero-order valence-corrected chi connectivity index (χ0v) is 13.5. The Kier molecular flexibility index (Phi) is 6.82. The molecule has 0 radical (unpaired) electrons. The molecule has 2 aromatic rings. The van der Waals surface area contributed by atoms with Crippen LogP contribution in [0.2, 0.25) is 0 Å². The van der Waals surface area contributed by atoms with Crippen LogP contribution in [0.15, 0.2) is 52.1 Å². The van der Waals surface area contributed by atoms with E-state index in [2.05, 4.69) is 20.9 Å². The van der Waals surface area contributed by atoms with E-state index in [1.54, 1.807) is 31.3 Å². The standard InChI is InChI=1S/C17H21FN4O2/c1-19-17(21-9-8-13-4-6-14(18)7-5-13)22-11-10-20-16(23)15-3-2-12-24-15/h2-7,12H,8-11H2,1H3,(H,20,23)(H2,19,21,22). The minimum atomic E-state index is -0.249. The molecule has 0 saturated carbocycles. The summed E-state index contributed by atoms with van der Waals surface area (Å²) in [6.07, 6.45) is 2.22. The molecule has 1 heterocycles. The molecule has 0 saturated heterocycles. The second kappa shape index (κ2) is 9.34. The number of nitrogens with one attached hydrogen (secondary N) is 3. The Balaban J connectivity index is 1.62. The maximum Gasteiger partial charge on any atom is 0.287 e. The van der Waals surface area contributed by atoms with Crippen molar-refractivity contribution in [1.82, 2.24) is 16.0 Å². The third kappa shape index (κ3) is 5.75. The molecule has 0 aliphatic rings. The largest absolute Gasteiger partial charge is 0.459 e. The number of benzene rings is 1. The molecule has 0 fully saturated rings. The number of hydrogen-bond acceptors (Lipinski definition) is 3. The zero-order chi connectivity index (χ0) is 17.2. The number of hydrogen-bond donors (Lipinski definition) is 3. The van der Waals surface area contributed by atoms with E-state index in [-0.39, 0.29) is 17.5 Å². The molecule has 6 nitrogen and oxygen atoms in total. The van der Waals surface area contributed by atoms with Crippen molar-refractivity contribution in [2.75, 3.05) is 26.7 Å². The Hall–Kier alpha value is -2.83. The summed E-state index contributed by atoms with van der Waals surface area (Å²) in [6, 6.07) is 9.70. The Bertz CT molecular complexity index is 654. The topological polar surface area (TPSA) is 78.7 Å². The fraction of sp³-hybridized carbons (Fsp3) is 0.294. The third-order valence-electron chi connectivity index (χ3n) is 3.29. The molecular weight excluding hydrogens is 311 g/mol. The molecule has 0 spiro atoms. The van der Waals surface area contributed by atoms with Crippen LogP contribution in [-0.4, -0.2) is 38.5 Å². The van der Waals surface area contributed by atoms with Crippen molar-refractivity contribution >= 4 is 11.9 Å². The smallest absolute Gasteiger partial charge is 0.287 e. The lowest BCUT2D eigenvalue weighted by Gasteiger charge is -2.12. The van der Waals surface area contributed by atoms with E-state index in [4.69, 9.17) is 4.42 Å². The quantitative estimate of drug-likeness (QED) is 0.408. The molecule has 128 valence electrons. The Morgan fingerprint density at radius 3 is 2.46 bits per heavy atom. The van der Waals surface area contributed by atoms with Gasteiger partial charge < -0.3 is 20.4 Å². The molecule has 1 aromatic carbocycles. The Morgan fingerprint density at radius 2 is 1.79 bits per heavy atom. The van der Waals surface area contributed by atoms with E-state index >= 15 is 0 Å². The number of guanidine groups is 1. The van der Waals surface area contributed by atoms with E-state index in [0.29, 0.717) is 25.6 Å². The van der Waals surface area contributed by atoms with Crippen LogP contribution in [0.4, 0.5) is 4.39 Å². The van der Waals surface area contributed by atoms with Gasteiger partial charge in [0, 0.05) is 26.7 Å². The van der Waals surface area contributed by atoms with Gasteiger partial charge in [0.2, 0.25) is 0 Å². The number of furan rings is 1. The molecule has 7 heteroatoms. The molecule has 0 aliphatic carbocycles. The summed E-state index contributed by atoms with van der Waals surface area (Å²) in [7, 11) is 1.68. The maximum absolute atomic E-state index is 12.8. The van der Waals surface area contributed by atoms with Crippen LogP contribution in [-0.2, 0) is 6.42 Å². The van der Waals surface area contributed by atoms with Crippen LogP contribution in [0, 0.1) is 5.82 Å². The van der Waals surface area contributed by atoms with Gasteiger partial charge >= 0.3 is 0 Å². The van der Waals surface area contributed by atoms with Gasteiger partial charge in [-0.1, -0.05) is 12.1 Å². The lowest BCUT2D eigenvalue weighted by molar-refractivity contribution is 0.0926. The second-order valence-corrected chi connectivity index (χ2v) is 5.04. The number of aliphatic imine (C=N–C) groups is 1. The average molecular weight is 332 g/mol. The third-order valence-corrected chi connectivity index (χ3v) is 3.29. The zero-order valence-electron chi connectivity index (χ0n) is 13.5. The molecule has 24 heavy (non-hydrogen) atoms. The summed E-state index contributed by atoms with van der Waals surface area (Å²) < 4.78 is 17.8. The maximum atomic E-state index is 12.8. The van der Waals surface area contributed by atoms with Crippen LogP contribution >= 0.6 is 0 Å². The second-order valence-electron chi connectivity index (χ2n) is 5.04. The summed E-state index contributed by atoms with van der Waals surface area (Å²) in [5, 5.41) is 9.00. The van der Waals surface area contributed by atoms with E-state index < -0.39 is 0 Å². The number of amides is 1. The van der Waals surface area contributed by atoms with Crippen LogP contribution in [0.1, 0.15) is 16.1 Å². The molecule has 0 bridgehead atoms. The van der Waals surface area contributed by atoms with Crippen LogP contribution in [0.5, 0.6) is 0 Å². The van der Waals surface area contributed by atoms with Gasteiger partial charge in [0.25, 0.3) is 5.91 Å². The fourth-order valence-electron chi connectivity index (χ4n) is 2.05. The van der Waals surface area contributed by atoms with E-state index in [1.807, 2.05) is 0 Å². The van der Waals surface area contributed by atoms with Crippen LogP contribution < -0.4 is 16.0 Å². The summed E-state index contributed by atoms with van der Waals surface area (Å²) in [5.41, 5.74) is 1.05. The Morgan fingerprint density at radius 1 is 1.08 bits per heavy atom. The van der Waals surface area contributed by atoms with E-state index in [9.17, 15) is 9.18 Å². The molecule has 0 unspecified atom stereocenters. The number of rotatable bonds is 7. The van der Waals surface area contributed by atoms with Crippen molar-refractivity contribution in [3.63, 3.8) is 0 Å². The predicted molar refractivity (Wildman–Crippen MR) is 90.5 cm³/mol. The van der Waals surface area contributed by atoms with Gasteiger partial charge in [0.1, 0.15) is 5.82 Å². The monoisotopic (exact) mass is 332 g/mol. The van der Waals surface area contributed by atoms with Gasteiger partial charge in [0.15, 0.2) is 11.7 Å². The van der Waals surface area contributed by atoms with Gasteiger partial charge in [-0.25, -0.2) is 4.39 Å². The molecule has 0 aliphatic heterocycles.